The number of ether oxygens (including phenoxy) is 3. The van der Waals surface area contributed by atoms with Crippen molar-refractivity contribution in [3.8, 4) is 0 Å². The minimum atomic E-state index is -0.785. The van der Waals surface area contributed by atoms with Gasteiger partial charge in [-0.05, 0) is 109 Å². The molecule has 0 aromatic carbocycles. The van der Waals surface area contributed by atoms with E-state index in [0.717, 1.165) is 103 Å². The van der Waals surface area contributed by atoms with Crippen LogP contribution in [0.2, 0.25) is 0 Å². The third-order valence-corrected chi connectivity index (χ3v) is 14.4. The second-order valence-electron chi connectivity index (χ2n) is 22.0. The van der Waals surface area contributed by atoms with E-state index >= 15 is 0 Å². The van der Waals surface area contributed by atoms with Crippen molar-refractivity contribution in [1.82, 2.24) is 0 Å². The number of esters is 3. The van der Waals surface area contributed by atoms with Crippen molar-refractivity contribution >= 4 is 17.9 Å². The van der Waals surface area contributed by atoms with E-state index in [1.165, 1.54) is 193 Å². The summed E-state index contributed by atoms with van der Waals surface area (Å²) in [6.45, 7) is 6.56. The van der Waals surface area contributed by atoms with Gasteiger partial charge >= 0.3 is 17.9 Å². The maximum absolute atomic E-state index is 12.9. The van der Waals surface area contributed by atoms with Gasteiger partial charge in [0.15, 0.2) is 6.10 Å². The van der Waals surface area contributed by atoms with Crippen LogP contribution in [0.5, 0.6) is 0 Å². The fraction of sp³-hybridized carbons (Fsp3) is 0.786. The predicted molar refractivity (Wildman–Crippen MR) is 330 cm³/mol. The van der Waals surface area contributed by atoms with Gasteiger partial charge in [-0.15, -0.1) is 0 Å². The van der Waals surface area contributed by atoms with Crippen molar-refractivity contribution in [2.24, 2.45) is 0 Å². The molecule has 0 fully saturated rings. The van der Waals surface area contributed by atoms with E-state index in [1.807, 2.05) is 0 Å². The molecule has 76 heavy (non-hydrogen) atoms. The molecular weight excluding hydrogens is 937 g/mol. The van der Waals surface area contributed by atoms with Gasteiger partial charge in [-0.1, -0.05) is 280 Å². The van der Waals surface area contributed by atoms with Crippen molar-refractivity contribution in [2.45, 2.75) is 341 Å². The molecule has 0 bridgehead atoms. The number of hydrogen-bond acceptors (Lipinski definition) is 6. The number of allylic oxidation sites excluding steroid dienone is 12. The molecule has 440 valence electrons. The maximum Gasteiger partial charge on any atom is 0.306 e. The fourth-order valence-corrected chi connectivity index (χ4v) is 9.43. The van der Waals surface area contributed by atoms with Gasteiger partial charge in [0.25, 0.3) is 0 Å². The average Bonchev–Trinajstić information content (AvgIpc) is 3.42. The topological polar surface area (TPSA) is 78.9 Å². The van der Waals surface area contributed by atoms with E-state index in [0.29, 0.717) is 19.3 Å². The molecule has 6 nitrogen and oxygen atoms in total. The van der Waals surface area contributed by atoms with Crippen LogP contribution >= 0.6 is 0 Å². The lowest BCUT2D eigenvalue weighted by atomic mass is 10.0. The minimum absolute atomic E-state index is 0.0812. The Balaban J connectivity index is 4.18. The smallest absolute Gasteiger partial charge is 0.306 e. The summed E-state index contributed by atoms with van der Waals surface area (Å²) >= 11 is 0. The summed E-state index contributed by atoms with van der Waals surface area (Å²) in [5.74, 6) is -0.892. The summed E-state index contributed by atoms with van der Waals surface area (Å²) < 4.78 is 16.9. The molecule has 0 saturated carbocycles. The molecule has 0 aliphatic heterocycles. The molecule has 0 aliphatic carbocycles. The lowest BCUT2D eigenvalue weighted by Gasteiger charge is -2.18. The molecule has 0 amide bonds. The summed E-state index contributed by atoms with van der Waals surface area (Å²) in [6.07, 6.45) is 83.6. The standard InChI is InChI=1S/C70H124O6/c1-4-7-10-13-16-19-22-24-26-28-30-31-32-33-34-35-36-37-38-39-41-42-44-46-48-51-54-57-60-63-69(72)75-66-67(65-74-68(71)62-59-56-53-50-21-18-15-12-9-6-3)76-70(73)64-61-58-55-52-49-47-45-43-40-29-27-25-23-20-17-14-11-8-5-2/h12,15,17,20,22,24-25,27-28,30,40,43,67H,4-11,13-14,16,18-19,21,23,26,29,31-39,41-42,44-66H2,1-3H3/b15-12-,20-17-,24-22-,27-25-,30-28-,43-40-. The highest BCUT2D eigenvalue weighted by Crippen LogP contribution is 2.17. The molecule has 0 heterocycles. The van der Waals surface area contributed by atoms with Gasteiger partial charge in [0.05, 0.1) is 0 Å². The second kappa shape index (κ2) is 64.4. The zero-order valence-corrected chi connectivity index (χ0v) is 50.5. The monoisotopic (exact) mass is 1060 g/mol. The molecule has 0 N–H and O–H groups in total. The Morgan fingerprint density at radius 2 is 0.500 bits per heavy atom. The van der Waals surface area contributed by atoms with E-state index in [-0.39, 0.29) is 31.1 Å². The molecule has 0 radical (unpaired) electrons. The van der Waals surface area contributed by atoms with Gasteiger partial charge in [0, 0.05) is 19.3 Å². The summed E-state index contributed by atoms with van der Waals surface area (Å²) in [6, 6.07) is 0. The van der Waals surface area contributed by atoms with Crippen LogP contribution < -0.4 is 0 Å². The van der Waals surface area contributed by atoms with Crippen molar-refractivity contribution in [3.63, 3.8) is 0 Å². The van der Waals surface area contributed by atoms with Crippen LogP contribution in [0.4, 0.5) is 0 Å². The first-order chi connectivity index (χ1) is 37.5. The van der Waals surface area contributed by atoms with Gasteiger partial charge in [-0.2, -0.15) is 0 Å². The normalized spacial score (nSPS) is 12.5. The van der Waals surface area contributed by atoms with E-state index in [2.05, 4.69) is 93.7 Å². The van der Waals surface area contributed by atoms with Gasteiger partial charge in [0.2, 0.25) is 0 Å². The number of carbonyl (C=O) groups is 3. The van der Waals surface area contributed by atoms with Crippen molar-refractivity contribution < 1.29 is 28.6 Å². The second-order valence-corrected chi connectivity index (χ2v) is 22.0. The highest BCUT2D eigenvalue weighted by molar-refractivity contribution is 5.71. The SMILES string of the molecule is CCC/C=C\CCCCCCCC(=O)OCC(COC(=O)CCCCCCCCCCCCCCCCCCC/C=C\C/C=C\CCCCCCC)OC(=O)CCCCCCCC/C=C\C/C=C\C/C=C\CCCCC. The van der Waals surface area contributed by atoms with Crippen molar-refractivity contribution in [3.05, 3.63) is 72.9 Å². The van der Waals surface area contributed by atoms with E-state index in [1.54, 1.807) is 0 Å². The Bertz CT molecular complexity index is 1400. The third kappa shape index (κ3) is 61.7. The zero-order valence-electron chi connectivity index (χ0n) is 50.5. The zero-order chi connectivity index (χ0) is 55.0. The molecule has 0 aromatic rings. The molecule has 0 rings (SSSR count). The maximum atomic E-state index is 12.9. The van der Waals surface area contributed by atoms with Crippen LogP contribution in [0.25, 0.3) is 0 Å². The van der Waals surface area contributed by atoms with Crippen LogP contribution in [0, 0.1) is 0 Å². The lowest BCUT2D eigenvalue weighted by Crippen LogP contribution is -2.30. The fourth-order valence-electron chi connectivity index (χ4n) is 9.43. The Morgan fingerprint density at radius 3 is 0.829 bits per heavy atom. The first-order valence-corrected chi connectivity index (χ1v) is 32.9. The van der Waals surface area contributed by atoms with E-state index in [9.17, 15) is 14.4 Å². The van der Waals surface area contributed by atoms with Crippen molar-refractivity contribution in [1.29, 1.82) is 0 Å². The van der Waals surface area contributed by atoms with Gasteiger partial charge in [0.1, 0.15) is 13.2 Å². The molecule has 0 aliphatic rings. The van der Waals surface area contributed by atoms with Crippen LogP contribution in [-0.2, 0) is 28.6 Å². The predicted octanol–water partition coefficient (Wildman–Crippen LogP) is 22.5. The first kappa shape index (κ1) is 72.8. The number of carbonyl (C=O) groups excluding carboxylic acids is 3. The Labute approximate surface area is 472 Å². The molecular formula is C70H124O6. The number of rotatable bonds is 60. The lowest BCUT2D eigenvalue weighted by molar-refractivity contribution is -0.167. The molecule has 6 heteroatoms. The molecule has 0 spiro atoms. The van der Waals surface area contributed by atoms with Gasteiger partial charge in [-0.25, -0.2) is 0 Å². The Kier molecular flexibility index (Phi) is 61.7. The van der Waals surface area contributed by atoms with E-state index < -0.39 is 6.10 Å². The summed E-state index contributed by atoms with van der Waals surface area (Å²) in [7, 11) is 0. The van der Waals surface area contributed by atoms with Crippen LogP contribution in [0.15, 0.2) is 72.9 Å². The van der Waals surface area contributed by atoms with Crippen LogP contribution in [0.3, 0.4) is 0 Å². The molecule has 0 saturated heterocycles. The van der Waals surface area contributed by atoms with Gasteiger partial charge in [-0.3, -0.25) is 14.4 Å². The Morgan fingerprint density at radius 1 is 0.263 bits per heavy atom. The summed E-state index contributed by atoms with van der Waals surface area (Å²) in [5, 5.41) is 0. The van der Waals surface area contributed by atoms with Gasteiger partial charge < -0.3 is 14.2 Å². The first-order valence-electron chi connectivity index (χ1n) is 32.9. The minimum Gasteiger partial charge on any atom is -0.462 e. The summed E-state index contributed by atoms with van der Waals surface area (Å²) in [5.41, 5.74) is 0. The third-order valence-electron chi connectivity index (χ3n) is 14.4. The van der Waals surface area contributed by atoms with Crippen molar-refractivity contribution in [2.75, 3.05) is 13.2 Å². The van der Waals surface area contributed by atoms with E-state index in [4.69, 9.17) is 14.2 Å². The molecule has 0 aromatic heterocycles. The summed E-state index contributed by atoms with van der Waals surface area (Å²) in [4.78, 5) is 38.2. The highest BCUT2D eigenvalue weighted by atomic mass is 16.6. The Hall–Kier alpha value is -3.15. The highest BCUT2D eigenvalue weighted by Gasteiger charge is 2.19. The quantitative estimate of drug-likeness (QED) is 0.0261. The average molecular weight is 1060 g/mol. The number of unbranched alkanes of at least 4 members (excludes halogenated alkanes) is 37. The molecule has 1 unspecified atom stereocenters. The van der Waals surface area contributed by atoms with Crippen LogP contribution in [-0.4, -0.2) is 37.2 Å². The molecule has 1 atom stereocenters. The number of hydrogen-bond donors (Lipinski definition) is 0. The van der Waals surface area contributed by atoms with Crippen LogP contribution in [0.1, 0.15) is 335 Å². The largest absolute Gasteiger partial charge is 0.462 e.